The minimum absolute atomic E-state index is 0.457. The van der Waals surface area contributed by atoms with Gasteiger partial charge in [-0.05, 0) is 26.3 Å². The van der Waals surface area contributed by atoms with Gasteiger partial charge in [-0.2, -0.15) is 0 Å². The predicted molar refractivity (Wildman–Crippen MR) is 51.2 cm³/mol. The second-order valence-corrected chi connectivity index (χ2v) is 4.38. The molecule has 0 bridgehead atoms. The van der Waals surface area contributed by atoms with Gasteiger partial charge in [0.15, 0.2) is 5.13 Å². The monoisotopic (exact) mass is 183 g/mol. The molecule has 0 saturated carbocycles. The lowest BCUT2D eigenvalue weighted by molar-refractivity contribution is 0.629. The molecule has 1 aliphatic heterocycles. The highest BCUT2D eigenvalue weighted by atomic mass is 32.1. The third kappa shape index (κ3) is 1.32. The van der Waals surface area contributed by atoms with Crippen LogP contribution in [0.1, 0.15) is 29.5 Å². The van der Waals surface area contributed by atoms with Crippen LogP contribution in [0.15, 0.2) is 0 Å². The van der Waals surface area contributed by atoms with Crippen LogP contribution in [0.25, 0.3) is 0 Å². The van der Waals surface area contributed by atoms with E-state index in [-0.39, 0.29) is 0 Å². The van der Waals surface area contributed by atoms with Gasteiger partial charge in [-0.1, -0.05) is 0 Å². The molecule has 0 spiro atoms. The highest BCUT2D eigenvalue weighted by molar-refractivity contribution is 7.15. The maximum absolute atomic E-state index is 5.63. The number of nitrogens with one attached hydrogen (secondary N) is 1. The molecule has 1 atom stereocenters. The summed E-state index contributed by atoms with van der Waals surface area (Å²) in [7, 11) is 0. The van der Waals surface area contributed by atoms with Crippen molar-refractivity contribution in [1.82, 2.24) is 10.3 Å². The number of hydrogen-bond donors (Lipinski definition) is 2. The minimum atomic E-state index is 0.457. The van der Waals surface area contributed by atoms with E-state index in [1.165, 1.54) is 17.7 Å². The summed E-state index contributed by atoms with van der Waals surface area (Å²) >= 11 is 1.58. The Hall–Kier alpha value is -0.610. The largest absolute Gasteiger partial charge is 0.375 e. The van der Waals surface area contributed by atoms with Gasteiger partial charge >= 0.3 is 0 Å². The zero-order chi connectivity index (χ0) is 8.55. The Morgan fingerprint density at radius 1 is 1.67 bits per heavy atom. The quantitative estimate of drug-likeness (QED) is 0.693. The molecule has 1 aromatic heterocycles. The summed E-state index contributed by atoms with van der Waals surface area (Å²) in [6.45, 7) is 3.20. The number of aryl methyl sites for hydroxylation is 1. The summed E-state index contributed by atoms with van der Waals surface area (Å²) in [5, 5.41) is 4.11. The molecular weight excluding hydrogens is 170 g/mol. The first-order valence-electron chi connectivity index (χ1n) is 4.23. The van der Waals surface area contributed by atoms with Gasteiger partial charge in [0.05, 0.1) is 11.7 Å². The smallest absolute Gasteiger partial charge is 0.180 e. The fourth-order valence-corrected chi connectivity index (χ4v) is 2.42. The average molecular weight is 183 g/mol. The number of rotatable bonds is 1. The lowest BCUT2D eigenvalue weighted by atomic mass is 10.1. The standard InChI is InChI=1S/C8H13N3S/c1-5-7(11-8(9)12-5)6-3-2-4-10-6/h6,10H,2-4H2,1H3,(H2,9,11). The molecule has 1 aliphatic rings. The first-order chi connectivity index (χ1) is 5.77. The van der Waals surface area contributed by atoms with Crippen LogP contribution in [-0.2, 0) is 0 Å². The van der Waals surface area contributed by atoms with Crippen molar-refractivity contribution in [1.29, 1.82) is 0 Å². The number of nitrogens with zero attached hydrogens (tertiary/aromatic N) is 1. The molecule has 1 aromatic rings. The molecule has 0 amide bonds. The van der Waals surface area contributed by atoms with Crippen molar-refractivity contribution in [3.8, 4) is 0 Å². The van der Waals surface area contributed by atoms with Crippen molar-refractivity contribution in [3.63, 3.8) is 0 Å². The van der Waals surface area contributed by atoms with E-state index in [0.29, 0.717) is 11.2 Å². The number of anilines is 1. The van der Waals surface area contributed by atoms with Crippen LogP contribution < -0.4 is 11.1 Å². The first kappa shape index (κ1) is 8.01. The molecule has 0 radical (unpaired) electrons. The molecule has 1 fully saturated rings. The lowest BCUT2D eigenvalue weighted by Gasteiger charge is -2.06. The van der Waals surface area contributed by atoms with E-state index in [1.54, 1.807) is 11.3 Å². The van der Waals surface area contributed by atoms with Crippen LogP contribution in [0.2, 0.25) is 0 Å². The Kier molecular flexibility index (Phi) is 2.02. The summed E-state index contributed by atoms with van der Waals surface area (Å²) < 4.78 is 0. The van der Waals surface area contributed by atoms with Crippen LogP contribution in [0.3, 0.4) is 0 Å². The molecule has 1 unspecified atom stereocenters. The second kappa shape index (κ2) is 3.03. The van der Waals surface area contributed by atoms with E-state index < -0.39 is 0 Å². The van der Waals surface area contributed by atoms with Gasteiger partial charge < -0.3 is 11.1 Å². The number of nitrogen functional groups attached to an aromatic ring is 1. The SMILES string of the molecule is Cc1sc(N)nc1C1CCCN1. The molecule has 66 valence electrons. The van der Waals surface area contributed by atoms with E-state index in [4.69, 9.17) is 5.73 Å². The number of hydrogen-bond acceptors (Lipinski definition) is 4. The molecule has 2 heterocycles. The minimum Gasteiger partial charge on any atom is -0.375 e. The van der Waals surface area contributed by atoms with Gasteiger partial charge in [0.1, 0.15) is 0 Å². The summed E-state index contributed by atoms with van der Waals surface area (Å²) in [5.41, 5.74) is 6.79. The number of thiazole rings is 1. The van der Waals surface area contributed by atoms with Crippen molar-refractivity contribution in [2.45, 2.75) is 25.8 Å². The molecular formula is C8H13N3S. The molecule has 12 heavy (non-hydrogen) atoms. The average Bonchev–Trinajstić information content (AvgIpc) is 2.58. The Morgan fingerprint density at radius 2 is 2.50 bits per heavy atom. The van der Waals surface area contributed by atoms with Crippen molar-refractivity contribution >= 4 is 16.5 Å². The van der Waals surface area contributed by atoms with Crippen LogP contribution in [-0.4, -0.2) is 11.5 Å². The second-order valence-electron chi connectivity index (χ2n) is 3.14. The van der Waals surface area contributed by atoms with Gasteiger partial charge in [0.2, 0.25) is 0 Å². The van der Waals surface area contributed by atoms with Gasteiger partial charge in [-0.3, -0.25) is 0 Å². The maximum atomic E-state index is 5.63. The van der Waals surface area contributed by atoms with Gasteiger partial charge in [-0.25, -0.2) is 4.98 Å². The van der Waals surface area contributed by atoms with Crippen LogP contribution in [0, 0.1) is 6.92 Å². The topological polar surface area (TPSA) is 50.9 Å². The van der Waals surface area contributed by atoms with E-state index in [9.17, 15) is 0 Å². The van der Waals surface area contributed by atoms with Crippen molar-refractivity contribution in [2.75, 3.05) is 12.3 Å². The number of aromatic nitrogens is 1. The van der Waals surface area contributed by atoms with Gasteiger partial charge in [-0.15, -0.1) is 11.3 Å². The normalized spacial score (nSPS) is 23.2. The first-order valence-corrected chi connectivity index (χ1v) is 5.05. The molecule has 3 nitrogen and oxygen atoms in total. The predicted octanol–water partition coefficient (Wildman–Crippen LogP) is 1.46. The third-order valence-electron chi connectivity index (χ3n) is 2.24. The Labute approximate surface area is 76.0 Å². The van der Waals surface area contributed by atoms with Crippen molar-refractivity contribution in [2.24, 2.45) is 0 Å². The van der Waals surface area contributed by atoms with E-state index >= 15 is 0 Å². The molecule has 0 aromatic carbocycles. The zero-order valence-corrected chi connectivity index (χ0v) is 7.95. The van der Waals surface area contributed by atoms with E-state index in [2.05, 4.69) is 17.2 Å². The highest BCUT2D eigenvalue weighted by Crippen LogP contribution is 2.29. The molecule has 3 N–H and O–H groups in total. The third-order valence-corrected chi connectivity index (χ3v) is 3.06. The summed E-state index contributed by atoms with van der Waals surface area (Å²) in [5.74, 6) is 0. The Balaban J connectivity index is 2.25. The van der Waals surface area contributed by atoms with Gasteiger partial charge in [0.25, 0.3) is 0 Å². The molecule has 2 rings (SSSR count). The Bertz CT molecular complexity index is 276. The summed E-state index contributed by atoms with van der Waals surface area (Å²) in [4.78, 5) is 5.58. The maximum Gasteiger partial charge on any atom is 0.180 e. The van der Waals surface area contributed by atoms with E-state index in [1.807, 2.05) is 0 Å². The van der Waals surface area contributed by atoms with Crippen LogP contribution in [0.5, 0.6) is 0 Å². The number of nitrogens with two attached hydrogens (primary N) is 1. The lowest BCUT2D eigenvalue weighted by Crippen LogP contribution is -2.14. The van der Waals surface area contributed by atoms with Crippen molar-refractivity contribution < 1.29 is 0 Å². The van der Waals surface area contributed by atoms with Crippen LogP contribution >= 0.6 is 11.3 Å². The molecule has 0 aliphatic carbocycles. The molecule has 4 heteroatoms. The fraction of sp³-hybridized carbons (Fsp3) is 0.625. The molecule has 1 saturated heterocycles. The van der Waals surface area contributed by atoms with Crippen LogP contribution in [0.4, 0.5) is 5.13 Å². The highest BCUT2D eigenvalue weighted by Gasteiger charge is 2.20. The Morgan fingerprint density at radius 3 is 3.00 bits per heavy atom. The summed E-state index contributed by atoms with van der Waals surface area (Å²) in [6.07, 6.45) is 2.45. The van der Waals surface area contributed by atoms with Crippen molar-refractivity contribution in [3.05, 3.63) is 10.6 Å². The van der Waals surface area contributed by atoms with E-state index in [0.717, 1.165) is 12.2 Å². The fourth-order valence-electron chi connectivity index (χ4n) is 1.67. The summed E-state index contributed by atoms with van der Waals surface area (Å²) in [6, 6.07) is 0.457. The van der Waals surface area contributed by atoms with Gasteiger partial charge in [0, 0.05) is 4.88 Å². The zero-order valence-electron chi connectivity index (χ0n) is 7.13.